The van der Waals surface area contributed by atoms with E-state index in [4.69, 9.17) is 0 Å². The number of carbonyl (C=O) groups excluding carboxylic acids is 3. The number of amides is 2. The van der Waals surface area contributed by atoms with Gasteiger partial charge in [-0.25, -0.2) is 4.90 Å². The number of ketones is 1. The number of imide groups is 1. The summed E-state index contributed by atoms with van der Waals surface area (Å²) >= 11 is 0. The van der Waals surface area contributed by atoms with Crippen LogP contribution in [-0.2, 0) is 14.4 Å². The van der Waals surface area contributed by atoms with E-state index < -0.39 is 29.3 Å². The highest BCUT2D eigenvalue weighted by Gasteiger charge is 2.66. The summed E-state index contributed by atoms with van der Waals surface area (Å²) in [5.41, 5.74) is 1.73. The molecule has 0 bridgehead atoms. The van der Waals surface area contributed by atoms with Crippen LogP contribution in [0.15, 0.2) is 71.8 Å². The van der Waals surface area contributed by atoms with Gasteiger partial charge in [-0.3, -0.25) is 19.4 Å². The van der Waals surface area contributed by atoms with Gasteiger partial charge in [0.25, 0.3) is 0 Å². The van der Waals surface area contributed by atoms with Crippen molar-refractivity contribution in [2.45, 2.75) is 32.9 Å². The molecule has 0 spiro atoms. The van der Waals surface area contributed by atoms with Crippen molar-refractivity contribution in [1.82, 2.24) is 5.01 Å². The fourth-order valence-corrected chi connectivity index (χ4v) is 5.75. The van der Waals surface area contributed by atoms with Gasteiger partial charge in [0, 0.05) is 10.8 Å². The van der Waals surface area contributed by atoms with Gasteiger partial charge >= 0.3 is 0 Å². The first-order valence-corrected chi connectivity index (χ1v) is 11.6. The van der Waals surface area contributed by atoms with Crippen molar-refractivity contribution < 1.29 is 14.4 Å². The third-order valence-electron chi connectivity index (χ3n) is 7.31. The smallest absolute Gasteiger partial charge is 0.240 e. The third-order valence-corrected chi connectivity index (χ3v) is 7.31. The van der Waals surface area contributed by atoms with Crippen molar-refractivity contribution in [2.75, 3.05) is 4.90 Å². The van der Waals surface area contributed by atoms with E-state index >= 15 is 0 Å². The number of anilines is 1. The normalized spacial score (nSPS) is 25.5. The Hall–Kier alpha value is -3.80. The van der Waals surface area contributed by atoms with E-state index in [1.165, 1.54) is 4.90 Å². The zero-order chi connectivity index (χ0) is 23.8. The van der Waals surface area contributed by atoms with Gasteiger partial charge in [0.05, 0.1) is 29.8 Å². The van der Waals surface area contributed by atoms with E-state index in [1.54, 1.807) is 11.2 Å². The largest absolute Gasteiger partial charge is 0.297 e. The number of Topliss-reactive ketones (excluding diaryl/α,β-unsaturated/α-hetero) is 1. The summed E-state index contributed by atoms with van der Waals surface area (Å²) in [6, 6.07) is 19.9. The van der Waals surface area contributed by atoms with Gasteiger partial charge in [0.2, 0.25) is 11.8 Å². The molecule has 6 rings (SSSR count). The molecule has 6 nitrogen and oxygen atoms in total. The van der Waals surface area contributed by atoms with Crippen LogP contribution < -0.4 is 4.90 Å². The van der Waals surface area contributed by atoms with E-state index in [-0.39, 0.29) is 17.6 Å². The van der Waals surface area contributed by atoms with Crippen LogP contribution in [0.1, 0.15) is 37.9 Å². The quantitative estimate of drug-likeness (QED) is 0.544. The molecule has 3 aromatic carbocycles. The van der Waals surface area contributed by atoms with Crippen molar-refractivity contribution in [3.8, 4) is 0 Å². The highest BCUT2D eigenvalue weighted by atomic mass is 16.2. The second-order valence-electron chi connectivity index (χ2n) is 10.3. The molecule has 2 fully saturated rings. The predicted molar refractivity (Wildman–Crippen MR) is 130 cm³/mol. The van der Waals surface area contributed by atoms with Crippen molar-refractivity contribution >= 4 is 40.3 Å². The molecule has 170 valence electrons. The van der Waals surface area contributed by atoms with Gasteiger partial charge in [0.15, 0.2) is 5.78 Å². The first kappa shape index (κ1) is 20.8. The van der Waals surface area contributed by atoms with Crippen LogP contribution in [-0.4, -0.2) is 34.9 Å². The number of rotatable bonds is 2. The number of fused-ring (bicyclic) bond motifs is 6. The lowest BCUT2D eigenvalue weighted by molar-refractivity contribution is -0.136. The summed E-state index contributed by atoms with van der Waals surface area (Å²) < 4.78 is 0. The topological polar surface area (TPSA) is 70.0 Å². The van der Waals surface area contributed by atoms with Gasteiger partial charge < -0.3 is 0 Å². The molecule has 6 heteroatoms. The Morgan fingerprint density at radius 3 is 2.32 bits per heavy atom. The third kappa shape index (κ3) is 2.74. The summed E-state index contributed by atoms with van der Waals surface area (Å²) in [5, 5.41) is 8.13. The molecule has 3 heterocycles. The van der Waals surface area contributed by atoms with E-state index in [2.05, 4.69) is 5.10 Å². The molecule has 3 aliphatic heterocycles. The van der Waals surface area contributed by atoms with Crippen LogP contribution in [0.2, 0.25) is 0 Å². The number of nitrogens with zero attached hydrogens (tertiary/aromatic N) is 3. The highest BCUT2D eigenvalue weighted by Crippen LogP contribution is 2.54. The fourth-order valence-electron chi connectivity index (χ4n) is 5.75. The van der Waals surface area contributed by atoms with E-state index in [0.29, 0.717) is 5.69 Å². The van der Waals surface area contributed by atoms with E-state index in [0.717, 1.165) is 21.9 Å². The van der Waals surface area contributed by atoms with Crippen molar-refractivity contribution in [2.24, 2.45) is 22.4 Å². The molecule has 2 saturated heterocycles. The van der Waals surface area contributed by atoms with Gasteiger partial charge in [-0.15, -0.1) is 0 Å². The average Bonchev–Trinajstić information content (AvgIpc) is 3.30. The molecule has 0 N–H and O–H groups in total. The Balaban J connectivity index is 1.54. The molecular weight excluding hydrogens is 426 g/mol. The number of hydrazone groups is 1. The minimum absolute atomic E-state index is 0.0811. The second kappa shape index (κ2) is 7.10. The van der Waals surface area contributed by atoms with Crippen LogP contribution >= 0.6 is 0 Å². The molecule has 4 atom stereocenters. The summed E-state index contributed by atoms with van der Waals surface area (Å²) in [7, 11) is 0. The summed E-state index contributed by atoms with van der Waals surface area (Å²) in [5.74, 6) is -2.14. The Bertz CT molecular complexity index is 1400. The van der Waals surface area contributed by atoms with Crippen molar-refractivity contribution in [3.63, 3.8) is 0 Å². The minimum atomic E-state index is -0.795. The number of hydrogen-bond donors (Lipinski definition) is 0. The number of carbonyl (C=O) groups is 3. The maximum Gasteiger partial charge on any atom is 0.240 e. The summed E-state index contributed by atoms with van der Waals surface area (Å²) in [4.78, 5) is 43.1. The fraction of sp³-hybridized carbons (Fsp3) is 0.286. The van der Waals surface area contributed by atoms with Gasteiger partial charge in [-0.1, -0.05) is 81.4 Å². The lowest BCUT2D eigenvalue weighted by Crippen LogP contribution is -2.48. The average molecular weight is 452 g/mol. The lowest BCUT2D eigenvalue weighted by atomic mass is 9.79. The first-order valence-electron chi connectivity index (χ1n) is 11.6. The van der Waals surface area contributed by atoms with Crippen molar-refractivity contribution in [3.05, 3.63) is 77.9 Å². The monoisotopic (exact) mass is 451 g/mol. The highest BCUT2D eigenvalue weighted by molar-refractivity contribution is 6.26. The molecule has 2 amide bonds. The first-order chi connectivity index (χ1) is 16.3. The van der Waals surface area contributed by atoms with Gasteiger partial charge in [-0.05, 0) is 22.6 Å². The SMILES string of the molecule is CC(C)(C)C(=O)C1C2C(=O)N(c3cccc4ccccc34)C(=O)C2C2c3ccccc3C=NN12. The molecule has 0 radical (unpaired) electrons. The van der Waals surface area contributed by atoms with Crippen LogP contribution in [0, 0.1) is 17.3 Å². The lowest BCUT2D eigenvalue weighted by Gasteiger charge is -2.35. The second-order valence-corrected chi connectivity index (χ2v) is 10.3. The molecular formula is C28H25N3O3. The zero-order valence-electron chi connectivity index (χ0n) is 19.3. The van der Waals surface area contributed by atoms with Crippen LogP contribution in [0.3, 0.4) is 0 Å². The Morgan fingerprint density at radius 1 is 0.853 bits per heavy atom. The number of hydrogen-bond acceptors (Lipinski definition) is 5. The molecule has 3 aliphatic rings. The maximum atomic E-state index is 14.0. The van der Waals surface area contributed by atoms with E-state index in [9.17, 15) is 14.4 Å². The standard InChI is InChI=1S/C28H25N3O3/c1-28(2,3)25(32)24-22-21(23-19-13-7-5-10-17(19)15-29-31(23)24)26(33)30(27(22)34)20-14-8-11-16-9-4-6-12-18(16)20/h4-15,21-24H,1-3H3. The molecule has 0 saturated carbocycles. The molecule has 4 unspecified atom stereocenters. The Morgan fingerprint density at radius 2 is 1.53 bits per heavy atom. The molecule has 0 aromatic heterocycles. The van der Waals surface area contributed by atoms with Gasteiger partial charge in [0.1, 0.15) is 6.04 Å². The summed E-state index contributed by atoms with van der Waals surface area (Å²) in [6.45, 7) is 5.55. The zero-order valence-corrected chi connectivity index (χ0v) is 19.3. The van der Waals surface area contributed by atoms with Crippen LogP contribution in [0.4, 0.5) is 5.69 Å². The van der Waals surface area contributed by atoms with E-state index in [1.807, 2.05) is 87.5 Å². The Kier molecular flexibility index (Phi) is 4.34. The number of benzene rings is 3. The van der Waals surface area contributed by atoms with Crippen LogP contribution in [0.25, 0.3) is 10.8 Å². The molecule has 34 heavy (non-hydrogen) atoms. The van der Waals surface area contributed by atoms with Gasteiger partial charge in [-0.2, -0.15) is 5.10 Å². The molecule has 0 aliphatic carbocycles. The van der Waals surface area contributed by atoms with Crippen LogP contribution in [0.5, 0.6) is 0 Å². The predicted octanol–water partition coefficient (Wildman–Crippen LogP) is 4.33. The maximum absolute atomic E-state index is 14.0. The van der Waals surface area contributed by atoms with Crippen molar-refractivity contribution in [1.29, 1.82) is 0 Å². The summed E-state index contributed by atoms with van der Waals surface area (Å²) in [6.07, 6.45) is 1.73. The molecule has 3 aromatic rings. The minimum Gasteiger partial charge on any atom is -0.297 e. The Labute approximate surface area is 197 Å².